The van der Waals surface area contributed by atoms with Crippen LogP contribution in [0.25, 0.3) is 0 Å². The summed E-state index contributed by atoms with van der Waals surface area (Å²) >= 11 is 0. The summed E-state index contributed by atoms with van der Waals surface area (Å²) in [6, 6.07) is 8.67. The standard InChI is InChI=1S/C24H38N2O3S/c1-24(2,3)20-12-10-19(11-13-20)16-25(4)17-23(27)26(21-8-6-5-7-9-21)22-14-15-30(28,29)18-22/h10-13,21-22H,5-9,14-18H2,1-4H3. The second kappa shape index (κ2) is 9.39. The summed E-state index contributed by atoms with van der Waals surface area (Å²) in [5.74, 6) is 0.426. The molecule has 0 N–H and O–H groups in total. The van der Waals surface area contributed by atoms with E-state index < -0.39 is 9.84 Å². The lowest BCUT2D eigenvalue weighted by molar-refractivity contribution is -0.137. The Morgan fingerprint density at radius 2 is 1.63 bits per heavy atom. The van der Waals surface area contributed by atoms with Crippen molar-refractivity contribution in [2.75, 3.05) is 25.1 Å². The van der Waals surface area contributed by atoms with Crippen LogP contribution in [0.4, 0.5) is 0 Å². The summed E-state index contributed by atoms with van der Waals surface area (Å²) in [7, 11) is -1.04. The minimum absolute atomic E-state index is 0.0813. The zero-order chi connectivity index (χ0) is 21.9. The number of likely N-dealkylation sites (N-methyl/N-ethyl adjacent to an activating group) is 1. The van der Waals surface area contributed by atoms with Crippen molar-refractivity contribution in [3.63, 3.8) is 0 Å². The van der Waals surface area contributed by atoms with Crippen LogP contribution in [0, 0.1) is 0 Å². The molecule has 1 saturated carbocycles. The third-order valence-electron chi connectivity index (χ3n) is 6.54. The van der Waals surface area contributed by atoms with Gasteiger partial charge in [0.25, 0.3) is 0 Å². The van der Waals surface area contributed by atoms with Gasteiger partial charge in [-0.25, -0.2) is 8.42 Å². The van der Waals surface area contributed by atoms with E-state index in [0.29, 0.717) is 19.5 Å². The van der Waals surface area contributed by atoms with E-state index in [1.54, 1.807) is 0 Å². The van der Waals surface area contributed by atoms with E-state index in [-0.39, 0.29) is 34.9 Å². The van der Waals surface area contributed by atoms with Gasteiger partial charge >= 0.3 is 0 Å². The van der Waals surface area contributed by atoms with Gasteiger partial charge in [-0.2, -0.15) is 0 Å². The highest BCUT2D eigenvalue weighted by Crippen LogP contribution is 2.29. The minimum atomic E-state index is -3.01. The molecule has 0 aromatic heterocycles. The molecule has 168 valence electrons. The number of sulfone groups is 1. The van der Waals surface area contributed by atoms with Crippen LogP contribution in [-0.4, -0.2) is 61.3 Å². The summed E-state index contributed by atoms with van der Waals surface area (Å²) in [5.41, 5.74) is 2.62. The first kappa shape index (κ1) is 23.3. The van der Waals surface area contributed by atoms with Gasteiger partial charge in [0, 0.05) is 18.6 Å². The fourth-order valence-electron chi connectivity index (χ4n) is 4.85. The summed E-state index contributed by atoms with van der Waals surface area (Å²) in [6.45, 7) is 7.65. The van der Waals surface area contributed by atoms with Crippen LogP contribution in [-0.2, 0) is 26.6 Å². The van der Waals surface area contributed by atoms with Gasteiger partial charge < -0.3 is 4.90 Å². The highest BCUT2D eigenvalue weighted by atomic mass is 32.2. The lowest BCUT2D eigenvalue weighted by Crippen LogP contribution is -2.51. The van der Waals surface area contributed by atoms with E-state index in [4.69, 9.17) is 0 Å². The maximum absolute atomic E-state index is 13.3. The molecule has 1 aliphatic carbocycles. The van der Waals surface area contributed by atoms with Crippen LogP contribution in [0.2, 0.25) is 0 Å². The van der Waals surface area contributed by atoms with Crippen LogP contribution in [0.15, 0.2) is 24.3 Å². The molecule has 1 unspecified atom stereocenters. The summed E-state index contributed by atoms with van der Waals surface area (Å²) in [6.07, 6.45) is 6.06. The van der Waals surface area contributed by atoms with Gasteiger partial charge in [-0.3, -0.25) is 9.69 Å². The molecule has 1 aromatic rings. The SMILES string of the molecule is CN(CC(=O)N(C1CCCCC1)C1CCS(=O)(=O)C1)Cc1ccc(C(C)(C)C)cc1. The number of rotatable bonds is 6. The van der Waals surface area contributed by atoms with Crippen molar-refractivity contribution in [2.45, 2.75) is 83.3 Å². The summed E-state index contributed by atoms with van der Waals surface area (Å²) in [4.78, 5) is 17.3. The maximum atomic E-state index is 13.3. The van der Waals surface area contributed by atoms with Gasteiger partial charge in [0.1, 0.15) is 0 Å². The zero-order valence-corrected chi connectivity index (χ0v) is 19.9. The normalized spacial score (nSPS) is 22.4. The second-order valence-corrected chi connectivity index (χ2v) is 12.5. The van der Waals surface area contributed by atoms with E-state index in [1.807, 2.05) is 16.8 Å². The Labute approximate surface area is 182 Å². The Morgan fingerprint density at radius 1 is 1.00 bits per heavy atom. The Hall–Kier alpha value is -1.40. The van der Waals surface area contributed by atoms with Gasteiger partial charge in [0.15, 0.2) is 9.84 Å². The molecule has 1 saturated heterocycles. The fourth-order valence-corrected chi connectivity index (χ4v) is 6.56. The molecule has 0 radical (unpaired) electrons. The number of benzene rings is 1. The summed E-state index contributed by atoms with van der Waals surface area (Å²) < 4.78 is 24.1. The van der Waals surface area contributed by atoms with Crippen LogP contribution >= 0.6 is 0 Å². The average Bonchev–Trinajstić information content (AvgIpc) is 3.01. The van der Waals surface area contributed by atoms with Crippen LogP contribution in [0.3, 0.4) is 0 Å². The third kappa shape index (κ3) is 6.07. The average molecular weight is 435 g/mol. The highest BCUT2D eigenvalue weighted by Gasteiger charge is 2.38. The smallest absolute Gasteiger partial charge is 0.237 e. The van der Waals surface area contributed by atoms with E-state index in [9.17, 15) is 13.2 Å². The van der Waals surface area contributed by atoms with Crippen LogP contribution in [0.1, 0.15) is 70.4 Å². The fraction of sp³-hybridized carbons (Fsp3) is 0.708. The first-order chi connectivity index (χ1) is 14.0. The van der Waals surface area contributed by atoms with E-state index in [1.165, 1.54) is 17.5 Å². The molecule has 1 atom stereocenters. The number of nitrogens with zero attached hydrogens (tertiary/aromatic N) is 2. The number of hydrogen-bond acceptors (Lipinski definition) is 4. The Bertz CT molecular complexity index is 821. The lowest BCUT2D eigenvalue weighted by Gasteiger charge is -2.39. The Kier molecular flexibility index (Phi) is 7.28. The molecule has 0 spiro atoms. The molecular weight excluding hydrogens is 396 g/mol. The van der Waals surface area contributed by atoms with Gasteiger partial charge in [0.05, 0.1) is 18.1 Å². The number of amides is 1. The van der Waals surface area contributed by atoms with Crippen LogP contribution < -0.4 is 0 Å². The number of carbonyl (C=O) groups is 1. The van der Waals surface area contributed by atoms with E-state index in [2.05, 4.69) is 45.0 Å². The predicted octanol–water partition coefficient (Wildman–Crippen LogP) is 3.76. The first-order valence-corrected chi connectivity index (χ1v) is 13.2. The second-order valence-electron chi connectivity index (χ2n) is 10.3. The van der Waals surface area contributed by atoms with E-state index in [0.717, 1.165) is 25.7 Å². The molecule has 2 fully saturated rings. The number of hydrogen-bond donors (Lipinski definition) is 0. The van der Waals surface area contributed by atoms with Gasteiger partial charge in [-0.05, 0) is 42.9 Å². The quantitative estimate of drug-likeness (QED) is 0.684. The van der Waals surface area contributed by atoms with E-state index >= 15 is 0 Å². The van der Waals surface area contributed by atoms with Crippen molar-refractivity contribution in [1.29, 1.82) is 0 Å². The molecule has 1 heterocycles. The van der Waals surface area contributed by atoms with Crippen molar-refractivity contribution in [3.05, 3.63) is 35.4 Å². The van der Waals surface area contributed by atoms with Gasteiger partial charge in [0.2, 0.25) is 5.91 Å². The molecule has 0 bridgehead atoms. The van der Waals surface area contributed by atoms with Crippen molar-refractivity contribution in [2.24, 2.45) is 0 Å². The molecule has 1 aromatic carbocycles. The molecule has 30 heavy (non-hydrogen) atoms. The zero-order valence-electron chi connectivity index (χ0n) is 19.1. The summed E-state index contributed by atoms with van der Waals surface area (Å²) in [5, 5.41) is 0. The largest absolute Gasteiger partial charge is 0.335 e. The van der Waals surface area contributed by atoms with Gasteiger partial charge in [-0.1, -0.05) is 64.3 Å². The maximum Gasteiger partial charge on any atom is 0.237 e. The molecule has 2 aliphatic rings. The van der Waals surface area contributed by atoms with Crippen molar-refractivity contribution in [3.8, 4) is 0 Å². The number of carbonyl (C=O) groups excluding carboxylic acids is 1. The predicted molar refractivity (Wildman–Crippen MR) is 122 cm³/mol. The first-order valence-electron chi connectivity index (χ1n) is 11.3. The molecular formula is C24H38N2O3S. The molecule has 5 nitrogen and oxygen atoms in total. The van der Waals surface area contributed by atoms with Crippen molar-refractivity contribution >= 4 is 15.7 Å². The van der Waals surface area contributed by atoms with Gasteiger partial charge in [-0.15, -0.1) is 0 Å². The highest BCUT2D eigenvalue weighted by molar-refractivity contribution is 7.91. The monoisotopic (exact) mass is 434 g/mol. The molecule has 3 rings (SSSR count). The minimum Gasteiger partial charge on any atom is -0.335 e. The van der Waals surface area contributed by atoms with Crippen molar-refractivity contribution in [1.82, 2.24) is 9.80 Å². The molecule has 6 heteroatoms. The molecule has 1 aliphatic heterocycles. The Balaban J connectivity index is 1.65. The third-order valence-corrected chi connectivity index (χ3v) is 8.29. The Morgan fingerprint density at radius 3 is 2.17 bits per heavy atom. The lowest BCUT2D eigenvalue weighted by atomic mass is 9.87. The topological polar surface area (TPSA) is 57.7 Å². The van der Waals surface area contributed by atoms with Crippen LogP contribution in [0.5, 0.6) is 0 Å². The van der Waals surface area contributed by atoms with Crippen molar-refractivity contribution < 1.29 is 13.2 Å². The molecule has 1 amide bonds.